The Kier molecular flexibility index (Phi) is 5.44. The van der Waals surface area contributed by atoms with Crippen LogP contribution in [-0.2, 0) is 11.3 Å². The first kappa shape index (κ1) is 15.6. The van der Waals surface area contributed by atoms with Crippen LogP contribution in [0.5, 0.6) is 11.5 Å². The number of amides is 1. The molecule has 1 aromatic rings. The van der Waals surface area contributed by atoms with Crippen molar-refractivity contribution in [1.29, 1.82) is 0 Å². The Morgan fingerprint density at radius 1 is 1.33 bits per heavy atom. The van der Waals surface area contributed by atoms with Gasteiger partial charge >= 0.3 is 0 Å². The minimum absolute atomic E-state index is 0.0172. The number of hydrogen-bond donors (Lipinski definition) is 1. The number of fused-ring (bicyclic) bond motifs is 1. The molecule has 5 heteroatoms. The zero-order valence-electron chi connectivity index (χ0n) is 12.8. The molecule has 1 aliphatic heterocycles. The summed E-state index contributed by atoms with van der Waals surface area (Å²) in [5.74, 6) is 1.52. The smallest absolute Gasteiger partial charge is 0.239 e. The molecule has 0 saturated heterocycles. The lowest BCUT2D eigenvalue weighted by atomic mass is 10.1. The van der Waals surface area contributed by atoms with E-state index in [1.54, 1.807) is 4.90 Å². The van der Waals surface area contributed by atoms with Crippen molar-refractivity contribution in [2.75, 3.05) is 13.3 Å². The van der Waals surface area contributed by atoms with Gasteiger partial charge in [0.25, 0.3) is 0 Å². The van der Waals surface area contributed by atoms with Crippen molar-refractivity contribution in [3.8, 4) is 11.5 Å². The Hall–Kier alpha value is -1.75. The standard InChI is InChI=1S/C16H24N2O3/c1-3-5-6-13(17)16(19)18(4-2)10-12-7-8-14-15(9-12)21-11-20-14/h7-9,13H,3-6,10-11,17H2,1-2H3/t13-/m0/s1. The second-order valence-electron chi connectivity index (χ2n) is 5.29. The quantitative estimate of drug-likeness (QED) is 0.837. The highest BCUT2D eigenvalue weighted by Crippen LogP contribution is 2.32. The Bertz CT molecular complexity index is 490. The fourth-order valence-corrected chi connectivity index (χ4v) is 2.39. The van der Waals surface area contributed by atoms with E-state index in [1.807, 2.05) is 25.1 Å². The van der Waals surface area contributed by atoms with Crippen LogP contribution in [0, 0.1) is 0 Å². The van der Waals surface area contributed by atoms with Gasteiger partial charge in [-0.3, -0.25) is 4.79 Å². The van der Waals surface area contributed by atoms with E-state index in [0.717, 1.165) is 36.3 Å². The SMILES string of the molecule is CCCC[C@H](N)C(=O)N(CC)Cc1ccc2c(c1)OCO2. The highest BCUT2D eigenvalue weighted by molar-refractivity contribution is 5.81. The van der Waals surface area contributed by atoms with E-state index in [4.69, 9.17) is 15.2 Å². The molecule has 1 amide bonds. The van der Waals surface area contributed by atoms with Crippen LogP contribution < -0.4 is 15.2 Å². The third-order valence-electron chi connectivity index (χ3n) is 3.69. The molecule has 116 valence electrons. The molecule has 0 fully saturated rings. The lowest BCUT2D eigenvalue weighted by Crippen LogP contribution is -2.43. The summed E-state index contributed by atoms with van der Waals surface area (Å²) in [5, 5.41) is 0. The molecular formula is C16H24N2O3. The van der Waals surface area contributed by atoms with E-state index in [-0.39, 0.29) is 12.7 Å². The summed E-state index contributed by atoms with van der Waals surface area (Å²) in [7, 11) is 0. The maximum Gasteiger partial charge on any atom is 0.239 e. The Morgan fingerprint density at radius 2 is 2.10 bits per heavy atom. The first-order valence-electron chi connectivity index (χ1n) is 7.58. The lowest BCUT2D eigenvalue weighted by molar-refractivity contribution is -0.133. The van der Waals surface area contributed by atoms with E-state index in [2.05, 4.69) is 6.92 Å². The average molecular weight is 292 g/mol. The molecule has 0 bridgehead atoms. The molecule has 0 unspecified atom stereocenters. The van der Waals surface area contributed by atoms with Gasteiger partial charge in [-0.15, -0.1) is 0 Å². The summed E-state index contributed by atoms with van der Waals surface area (Å²) in [6, 6.07) is 5.36. The molecule has 1 aliphatic rings. The Labute approximate surface area is 126 Å². The average Bonchev–Trinajstić information content (AvgIpc) is 2.97. The van der Waals surface area contributed by atoms with Gasteiger partial charge in [-0.1, -0.05) is 25.8 Å². The number of likely N-dealkylation sites (N-methyl/N-ethyl adjacent to an activating group) is 1. The summed E-state index contributed by atoms with van der Waals surface area (Å²) in [5.41, 5.74) is 7.01. The topological polar surface area (TPSA) is 64.8 Å². The Morgan fingerprint density at radius 3 is 2.81 bits per heavy atom. The zero-order valence-corrected chi connectivity index (χ0v) is 12.8. The number of carbonyl (C=O) groups excluding carboxylic acids is 1. The van der Waals surface area contributed by atoms with Gasteiger partial charge in [0.05, 0.1) is 6.04 Å². The zero-order chi connectivity index (χ0) is 15.2. The summed E-state index contributed by atoms with van der Waals surface area (Å²) >= 11 is 0. The molecular weight excluding hydrogens is 268 g/mol. The van der Waals surface area contributed by atoms with Crippen LogP contribution >= 0.6 is 0 Å². The monoisotopic (exact) mass is 292 g/mol. The van der Waals surface area contributed by atoms with Gasteiger partial charge in [0.2, 0.25) is 12.7 Å². The van der Waals surface area contributed by atoms with Crippen LogP contribution in [-0.4, -0.2) is 30.2 Å². The molecule has 0 aromatic heterocycles. The van der Waals surface area contributed by atoms with Crippen molar-refractivity contribution < 1.29 is 14.3 Å². The third-order valence-corrected chi connectivity index (χ3v) is 3.69. The normalized spacial score (nSPS) is 14.0. The second-order valence-corrected chi connectivity index (χ2v) is 5.29. The molecule has 5 nitrogen and oxygen atoms in total. The fraction of sp³-hybridized carbons (Fsp3) is 0.562. The van der Waals surface area contributed by atoms with E-state index in [0.29, 0.717) is 13.1 Å². The molecule has 0 saturated carbocycles. The van der Waals surface area contributed by atoms with Crippen LogP contribution in [0.2, 0.25) is 0 Å². The van der Waals surface area contributed by atoms with Crippen LogP contribution in [0.4, 0.5) is 0 Å². The van der Waals surface area contributed by atoms with Crippen molar-refractivity contribution in [3.63, 3.8) is 0 Å². The van der Waals surface area contributed by atoms with Gasteiger partial charge in [0.15, 0.2) is 11.5 Å². The molecule has 2 N–H and O–H groups in total. The molecule has 1 atom stereocenters. The van der Waals surface area contributed by atoms with Gasteiger partial charge in [-0.2, -0.15) is 0 Å². The van der Waals surface area contributed by atoms with Crippen molar-refractivity contribution in [3.05, 3.63) is 23.8 Å². The second kappa shape index (κ2) is 7.31. The highest BCUT2D eigenvalue weighted by Gasteiger charge is 2.20. The first-order chi connectivity index (χ1) is 10.2. The molecule has 0 radical (unpaired) electrons. The largest absolute Gasteiger partial charge is 0.454 e. The molecule has 21 heavy (non-hydrogen) atoms. The summed E-state index contributed by atoms with van der Waals surface area (Å²) < 4.78 is 10.7. The Balaban J connectivity index is 1.99. The van der Waals surface area contributed by atoms with E-state index < -0.39 is 6.04 Å². The minimum Gasteiger partial charge on any atom is -0.454 e. The van der Waals surface area contributed by atoms with Crippen molar-refractivity contribution in [2.24, 2.45) is 5.73 Å². The van der Waals surface area contributed by atoms with Crippen LogP contribution in [0.3, 0.4) is 0 Å². The number of unbranched alkanes of at least 4 members (excludes halogenated alkanes) is 1. The molecule has 2 rings (SSSR count). The van der Waals surface area contributed by atoms with Gasteiger partial charge < -0.3 is 20.1 Å². The first-order valence-corrected chi connectivity index (χ1v) is 7.58. The maximum atomic E-state index is 12.4. The number of ether oxygens (including phenoxy) is 2. The molecule has 0 aliphatic carbocycles. The van der Waals surface area contributed by atoms with Crippen molar-refractivity contribution >= 4 is 5.91 Å². The van der Waals surface area contributed by atoms with Gasteiger partial charge in [-0.25, -0.2) is 0 Å². The third kappa shape index (κ3) is 3.88. The van der Waals surface area contributed by atoms with Crippen LogP contribution in [0.15, 0.2) is 18.2 Å². The van der Waals surface area contributed by atoms with Crippen molar-refractivity contribution in [1.82, 2.24) is 4.90 Å². The predicted octanol–water partition coefficient (Wildman–Crippen LogP) is 2.28. The van der Waals surface area contributed by atoms with Gasteiger partial charge in [-0.05, 0) is 31.0 Å². The van der Waals surface area contributed by atoms with Crippen LogP contribution in [0.25, 0.3) is 0 Å². The van der Waals surface area contributed by atoms with Crippen molar-refractivity contribution in [2.45, 2.75) is 45.7 Å². The predicted molar refractivity (Wildman–Crippen MR) is 81.2 cm³/mol. The molecule has 1 aromatic carbocycles. The number of hydrogen-bond acceptors (Lipinski definition) is 4. The lowest BCUT2D eigenvalue weighted by Gasteiger charge is -2.24. The number of carbonyl (C=O) groups is 1. The summed E-state index contributed by atoms with van der Waals surface area (Å²) in [6.07, 6.45) is 2.77. The van der Waals surface area contributed by atoms with E-state index >= 15 is 0 Å². The highest BCUT2D eigenvalue weighted by atomic mass is 16.7. The van der Waals surface area contributed by atoms with Crippen LogP contribution in [0.1, 0.15) is 38.7 Å². The number of benzene rings is 1. The van der Waals surface area contributed by atoms with Gasteiger partial charge in [0, 0.05) is 13.1 Å². The maximum absolute atomic E-state index is 12.4. The number of rotatable bonds is 7. The fourth-order valence-electron chi connectivity index (χ4n) is 2.39. The minimum atomic E-state index is -0.404. The van der Waals surface area contributed by atoms with E-state index in [1.165, 1.54) is 0 Å². The summed E-state index contributed by atoms with van der Waals surface area (Å²) in [4.78, 5) is 14.2. The van der Waals surface area contributed by atoms with E-state index in [9.17, 15) is 4.79 Å². The molecule has 0 spiro atoms. The number of nitrogens with two attached hydrogens (primary N) is 1. The number of nitrogens with zero attached hydrogens (tertiary/aromatic N) is 1. The molecule has 1 heterocycles. The van der Waals surface area contributed by atoms with Gasteiger partial charge in [0.1, 0.15) is 0 Å². The summed E-state index contributed by atoms with van der Waals surface area (Å²) in [6.45, 7) is 5.52.